The number of nitrogens with one attached hydrogen (secondary N) is 2. The van der Waals surface area contributed by atoms with Gasteiger partial charge in [0.15, 0.2) is 9.84 Å². The lowest BCUT2D eigenvalue weighted by atomic mass is 10.3. The van der Waals surface area contributed by atoms with E-state index in [0.717, 1.165) is 12.8 Å². The third kappa shape index (κ3) is 6.08. The van der Waals surface area contributed by atoms with E-state index in [2.05, 4.69) is 10.0 Å². The predicted molar refractivity (Wildman–Crippen MR) is 122 cm³/mol. The molecule has 1 amide bonds. The first kappa shape index (κ1) is 24.2. The molecule has 0 spiro atoms. The normalized spacial score (nSPS) is 14.9. The molecule has 3 rings (SSSR count). The zero-order chi connectivity index (χ0) is 23.2. The van der Waals surface area contributed by atoms with Crippen molar-refractivity contribution < 1.29 is 26.4 Å². The fourth-order valence-electron chi connectivity index (χ4n) is 3.63. The summed E-state index contributed by atoms with van der Waals surface area (Å²) in [7, 11) is -7.18. The Kier molecular flexibility index (Phi) is 7.91. The molecule has 10 heteroatoms. The highest BCUT2D eigenvalue weighted by Crippen LogP contribution is 2.30. The molecule has 2 N–H and O–H groups in total. The van der Waals surface area contributed by atoms with Gasteiger partial charge >= 0.3 is 0 Å². The van der Waals surface area contributed by atoms with Crippen LogP contribution in [0.1, 0.15) is 39.0 Å². The Bertz CT molecular complexity index is 1140. The average Bonchev–Trinajstić information content (AvgIpc) is 3.30. The van der Waals surface area contributed by atoms with Gasteiger partial charge in [0, 0.05) is 18.7 Å². The Morgan fingerprint density at radius 2 is 1.69 bits per heavy atom. The summed E-state index contributed by atoms with van der Waals surface area (Å²) < 4.78 is 57.9. The van der Waals surface area contributed by atoms with Gasteiger partial charge in [0.25, 0.3) is 0 Å². The number of carbonyl (C=O) groups is 1. The summed E-state index contributed by atoms with van der Waals surface area (Å²) in [6, 6.07) is 12.2. The second-order valence-electron chi connectivity index (χ2n) is 7.58. The Morgan fingerprint density at radius 1 is 1.00 bits per heavy atom. The second-order valence-corrected chi connectivity index (χ2v) is 11.6. The van der Waals surface area contributed by atoms with Gasteiger partial charge in [0.1, 0.15) is 5.75 Å². The predicted octanol–water partition coefficient (Wildman–Crippen LogP) is 3.11. The fraction of sp³-hybridized carbons (Fsp3) is 0.409. The van der Waals surface area contributed by atoms with E-state index in [9.17, 15) is 21.6 Å². The van der Waals surface area contributed by atoms with Gasteiger partial charge in [-0.05, 0) is 62.2 Å². The summed E-state index contributed by atoms with van der Waals surface area (Å²) in [6.45, 7) is 2.22. The lowest BCUT2D eigenvalue weighted by molar-refractivity contribution is -0.116. The van der Waals surface area contributed by atoms with Crippen LogP contribution in [-0.2, 0) is 24.7 Å². The third-order valence-corrected chi connectivity index (χ3v) is 9.01. The lowest BCUT2D eigenvalue weighted by Crippen LogP contribution is -2.27. The van der Waals surface area contributed by atoms with Crippen LogP contribution in [0.2, 0.25) is 0 Å². The Hall–Kier alpha value is -2.43. The van der Waals surface area contributed by atoms with Crippen LogP contribution < -0.4 is 14.8 Å². The molecule has 0 heterocycles. The van der Waals surface area contributed by atoms with Gasteiger partial charge in [-0.15, -0.1) is 0 Å². The molecule has 0 unspecified atom stereocenters. The maximum absolute atomic E-state index is 12.7. The molecule has 174 valence electrons. The van der Waals surface area contributed by atoms with Crippen LogP contribution in [0.25, 0.3) is 0 Å². The van der Waals surface area contributed by atoms with E-state index in [4.69, 9.17) is 4.74 Å². The summed E-state index contributed by atoms with van der Waals surface area (Å²) in [6.07, 6.45) is 3.04. The van der Waals surface area contributed by atoms with Gasteiger partial charge in [0.2, 0.25) is 15.9 Å². The van der Waals surface area contributed by atoms with Crippen molar-refractivity contribution in [2.75, 3.05) is 18.5 Å². The van der Waals surface area contributed by atoms with E-state index in [0.29, 0.717) is 30.9 Å². The summed E-state index contributed by atoms with van der Waals surface area (Å²) in [5.74, 6) is 0.151. The molecule has 1 aliphatic rings. The number of sulfone groups is 1. The molecular formula is C22H28N2O6S2. The second kappa shape index (κ2) is 10.5. The van der Waals surface area contributed by atoms with Gasteiger partial charge in [-0.1, -0.05) is 18.9 Å². The zero-order valence-electron chi connectivity index (χ0n) is 17.9. The zero-order valence-corrected chi connectivity index (χ0v) is 19.5. The molecule has 0 atom stereocenters. The maximum atomic E-state index is 12.7. The van der Waals surface area contributed by atoms with Crippen LogP contribution in [-0.4, -0.2) is 41.1 Å². The highest BCUT2D eigenvalue weighted by Gasteiger charge is 2.30. The first-order valence-corrected chi connectivity index (χ1v) is 13.6. The Labute approximate surface area is 189 Å². The van der Waals surface area contributed by atoms with Crippen molar-refractivity contribution in [3.05, 3.63) is 48.5 Å². The SMILES string of the molecule is CCOc1ccc(S(=O)(=O)NCCC(=O)Nc2cccc(S(=O)(=O)C3CCCC3)c2)cc1. The van der Waals surface area contributed by atoms with Gasteiger partial charge in [0.05, 0.1) is 21.6 Å². The molecule has 0 saturated heterocycles. The van der Waals surface area contributed by atoms with E-state index in [-0.39, 0.29) is 28.0 Å². The largest absolute Gasteiger partial charge is 0.494 e. The van der Waals surface area contributed by atoms with Crippen LogP contribution >= 0.6 is 0 Å². The highest BCUT2D eigenvalue weighted by atomic mass is 32.2. The molecule has 2 aromatic carbocycles. The Balaban J connectivity index is 1.55. The molecule has 1 aliphatic carbocycles. The molecular weight excluding hydrogens is 452 g/mol. The minimum Gasteiger partial charge on any atom is -0.494 e. The lowest BCUT2D eigenvalue weighted by Gasteiger charge is -2.13. The van der Waals surface area contributed by atoms with Crippen molar-refractivity contribution in [2.45, 2.75) is 54.1 Å². The van der Waals surface area contributed by atoms with Crippen LogP contribution in [0.15, 0.2) is 58.3 Å². The topological polar surface area (TPSA) is 119 Å². The average molecular weight is 481 g/mol. The fourth-order valence-corrected chi connectivity index (χ4v) is 6.56. The highest BCUT2D eigenvalue weighted by molar-refractivity contribution is 7.92. The van der Waals surface area contributed by atoms with Gasteiger partial charge in [-0.3, -0.25) is 4.79 Å². The van der Waals surface area contributed by atoms with Crippen LogP contribution in [0.3, 0.4) is 0 Å². The van der Waals surface area contributed by atoms with Gasteiger partial charge < -0.3 is 10.1 Å². The molecule has 0 bridgehead atoms. The molecule has 32 heavy (non-hydrogen) atoms. The summed E-state index contributed by atoms with van der Waals surface area (Å²) in [5, 5.41) is 2.27. The number of ether oxygens (including phenoxy) is 1. The summed E-state index contributed by atoms with van der Waals surface area (Å²) >= 11 is 0. The number of anilines is 1. The number of amides is 1. The smallest absolute Gasteiger partial charge is 0.240 e. The standard InChI is InChI=1S/C22H28N2O6S2/c1-2-30-18-10-12-20(13-11-18)32(28,29)23-15-14-22(25)24-17-6-5-9-21(16-17)31(26,27)19-7-3-4-8-19/h5-6,9-13,16,19,23H,2-4,7-8,14-15H2,1H3,(H,24,25). The number of hydrogen-bond donors (Lipinski definition) is 2. The van der Waals surface area contributed by atoms with Crippen LogP contribution in [0, 0.1) is 0 Å². The molecule has 1 saturated carbocycles. The van der Waals surface area contributed by atoms with Gasteiger partial charge in [-0.25, -0.2) is 21.6 Å². The van der Waals surface area contributed by atoms with E-state index in [1.807, 2.05) is 6.92 Å². The van der Waals surface area contributed by atoms with E-state index in [1.165, 1.54) is 24.3 Å². The van der Waals surface area contributed by atoms with Crippen LogP contribution in [0.5, 0.6) is 5.75 Å². The van der Waals surface area contributed by atoms with E-state index in [1.54, 1.807) is 24.3 Å². The van der Waals surface area contributed by atoms with Crippen molar-refractivity contribution in [3.63, 3.8) is 0 Å². The van der Waals surface area contributed by atoms with Crippen molar-refractivity contribution in [1.29, 1.82) is 0 Å². The molecule has 2 aromatic rings. The first-order chi connectivity index (χ1) is 15.2. The molecule has 0 aromatic heterocycles. The number of rotatable bonds is 10. The molecule has 8 nitrogen and oxygen atoms in total. The Morgan fingerprint density at radius 3 is 2.34 bits per heavy atom. The molecule has 1 fully saturated rings. The van der Waals surface area contributed by atoms with Crippen molar-refractivity contribution >= 4 is 31.5 Å². The number of sulfonamides is 1. The van der Waals surface area contributed by atoms with E-state index >= 15 is 0 Å². The van der Waals surface area contributed by atoms with E-state index < -0.39 is 25.8 Å². The van der Waals surface area contributed by atoms with Crippen molar-refractivity contribution in [2.24, 2.45) is 0 Å². The first-order valence-electron chi connectivity index (χ1n) is 10.6. The van der Waals surface area contributed by atoms with Crippen molar-refractivity contribution in [1.82, 2.24) is 4.72 Å². The van der Waals surface area contributed by atoms with Crippen LogP contribution in [0.4, 0.5) is 5.69 Å². The summed E-state index contributed by atoms with van der Waals surface area (Å²) in [5.41, 5.74) is 0.364. The monoisotopic (exact) mass is 480 g/mol. The molecule has 0 radical (unpaired) electrons. The number of hydrogen-bond acceptors (Lipinski definition) is 6. The maximum Gasteiger partial charge on any atom is 0.240 e. The quantitative estimate of drug-likeness (QED) is 0.539. The van der Waals surface area contributed by atoms with Gasteiger partial charge in [-0.2, -0.15) is 0 Å². The molecule has 0 aliphatic heterocycles. The number of carbonyl (C=O) groups excluding carboxylic acids is 1. The number of benzene rings is 2. The van der Waals surface area contributed by atoms with Crippen molar-refractivity contribution in [3.8, 4) is 5.75 Å². The third-order valence-electron chi connectivity index (χ3n) is 5.28. The minimum absolute atomic E-state index is 0.0752. The summed E-state index contributed by atoms with van der Waals surface area (Å²) in [4.78, 5) is 12.5. The minimum atomic E-state index is -3.76.